The van der Waals surface area contributed by atoms with Crippen molar-refractivity contribution in [3.8, 4) is 23.0 Å². The molecule has 2 heterocycles. The lowest BCUT2D eigenvalue weighted by molar-refractivity contribution is -0.140. The molecular weight excluding hydrogens is 490 g/mol. The van der Waals surface area contributed by atoms with Crippen LogP contribution >= 0.6 is 0 Å². The maximum Gasteiger partial charge on any atom is 0.306 e. The number of Topliss-reactive ketones (excluding diaryl/α,β-unsaturated/α-hetero) is 1. The van der Waals surface area contributed by atoms with Gasteiger partial charge in [-0.15, -0.1) is 0 Å². The minimum absolute atomic E-state index is 0.0158. The molecule has 0 aliphatic carbocycles. The zero-order valence-electron chi connectivity index (χ0n) is 21.9. The molecule has 0 unspecified atom stereocenters. The fraction of sp³-hybridized carbons (Fsp3) is 0.345. The first-order valence-electron chi connectivity index (χ1n) is 12.2. The van der Waals surface area contributed by atoms with Gasteiger partial charge >= 0.3 is 5.97 Å². The molecule has 1 aliphatic heterocycles. The molecule has 0 radical (unpaired) electrons. The van der Waals surface area contributed by atoms with Crippen LogP contribution in [0.2, 0.25) is 0 Å². The van der Waals surface area contributed by atoms with E-state index in [-0.39, 0.29) is 47.3 Å². The lowest BCUT2D eigenvalue weighted by Gasteiger charge is -2.25. The van der Waals surface area contributed by atoms with Crippen molar-refractivity contribution in [2.75, 3.05) is 7.11 Å². The van der Waals surface area contributed by atoms with Crippen molar-refractivity contribution in [2.24, 2.45) is 0 Å². The van der Waals surface area contributed by atoms with Gasteiger partial charge in [-0.3, -0.25) is 14.6 Å². The minimum Gasteiger partial charge on any atom is -0.507 e. The fourth-order valence-electron chi connectivity index (χ4n) is 4.75. The number of fused-ring (bicyclic) bond motifs is 1. The van der Waals surface area contributed by atoms with Crippen LogP contribution in [0.3, 0.4) is 0 Å². The smallest absolute Gasteiger partial charge is 0.306 e. The number of hydrogen-bond acceptors (Lipinski definition) is 9. The van der Waals surface area contributed by atoms with Crippen LogP contribution in [0, 0.1) is 6.92 Å². The van der Waals surface area contributed by atoms with Crippen LogP contribution in [-0.2, 0) is 20.9 Å². The third-order valence-corrected chi connectivity index (χ3v) is 6.63. The molecule has 0 fully saturated rings. The van der Waals surface area contributed by atoms with E-state index >= 15 is 0 Å². The molecule has 0 saturated heterocycles. The lowest BCUT2D eigenvalue weighted by Crippen LogP contribution is -2.14. The predicted octanol–water partition coefficient (Wildman–Crippen LogP) is 4.81. The van der Waals surface area contributed by atoms with Crippen molar-refractivity contribution >= 4 is 11.8 Å². The van der Waals surface area contributed by atoms with Crippen molar-refractivity contribution in [2.45, 2.75) is 58.8 Å². The van der Waals surface area contributed by atoms with Gasteiger partial charge in [-0.05, 0) is 51.5 Å². The zero-order valence-corrected chi connectivity index (χ0v) is 21.9. The molecule has 1 aromatic heterocycles. The first-order chi connectivity index (χ1) is 18.0. The number of carbonyl (C=O) groups is 2. The van der Waals surface area contributed by atoms with E-state index in [0.717, 1.165) is 0 Å². The summed E-state index contributed by atoms with van der Waals surface area (Å²) in [6.45, 7) is 6.87. The van der Waals surface area contributed by atoms with Crippen LogP contribution in [0.5, 0.6) is 23.0 Å². The van der Waals surface area contributed by atoms with E-state index in [1.165, 1.54) is 20.1 Å². The van der Waals surface area contributed by atoms with Gasteiger partial charge in [0, 0.05) is 34.4 Å². The third-order valence-electron chi connectivity index (χ3n) is 6.63. The highest BCUT2D eigenvalue weighted by Crippen LogP contribution is 2.50. The molecule has 2 aromatic carbocycles. The van der Waals surface area contributed by atoms with E-state index in [9.17, 15) is 24.9 Å². The molecule has 38 heavy (non-hydrogen) atoms. The van der Waals surface area contributed by atoms with Gasteiger partial charge in [0.25, 0.3) is 0 Å². The molecule has 3 N–H and O–H groups in total. The number of benzene rings is 2. The summed E-state index contributed by atoms with van der Waals surface area (Å²) in [5.74, 6) is -2.15. The molecular formula is C29H31NO8. The van der Waals surface area contributed by atoms with E-state index < -0.39 is 29.5 Å². The summed E-state index contributed by atoms with van der Waals surface area (Å²) in [4.78, 5) is 29.2. The van der Waals surface area contributed by atoms with Crippen molar-refractivity contribution in [3.63, 3.8) is 0 Å². The van der Waals surface area contributed by atoms with Crippen molar-refractivity contribution in [1.82, 2.24) is 4.98 Å². The number of esters is 1. The number of pyridine rings is 1. The standard InChI is InChI=1S/C29H31NO8/c1-14(2)38-19-8-6-17(7-9-19)21(11-23(32)36-5)25-27(34)20(16(4)31)10-22(28(25)35)29-24-18(13-37-29)12-30-15(3)26(24)33/h6-10,12,14,21,29,33-35H,11,13H2,1-5H3/t21-,29+/m1/s1. The van der Waals surface area contributed by atoms with E-state index in [4.69, 9.17) is 14.2 Å². The fourth-order valence-corrected chi connectivity index (χ4v) is 4.75. The van der Waals surface area contributed by atoms with Crippen molar-refractivity contribution in [3.05, 3.63) is 75.6 Å². The first kappa shape index (κ1) is 26.9. The summed E-state index contributed by atoms with van der Waals surface area (Å²) in [6.07, 6.45) is 0.401. The Morgan fingerprint density at radius 3 is 2.39 bits per heavy atom. The third kappa shape index (κ3) is 5.02. The number of aromatic nitrogens is 1. The minimum atomic E-state index is -0.926. The van der Waals surface area contributed by atoms with Gasteiger partial charge in [0.05, 0.1) is 37.5 Å². The highest BCUT2D eigenvalue weighted by atomic mass is 16.5. The number of phenolic OH excluding ortho intramolecular Hbond substituents is 2. The van der Waals surface area contributed by atoms with E-state index in [1.54, 1.807) is 37.4 Å². The molecule has 9 nitrogen and oxygen atoms in total. The Kier molecular flexibility index (Phi) is 7.59. The topological polar surface area (TPSA) is 135 Å². The SMILES string of the molecule is COC(=O)C[C@H](c1ccc(OC(C)C)cc1)c1c(O)c(C(C)=O)cc([C@@H]2OCc3cnc(C)c(O)c32)c1O. The summed E-state index contributed by atoms with van der Waals surface area (Å²) in [5, 5.41) is 33.6. The van der Waals surface area contributed by atoms with Crippen LogP contribution in [-0.4, -0.2) is 45.3 Å². The molecule has 0 amide bonds. The number of aromatic hydroxyl groups is 3. The van der Waals surface area contributed by atoms with Crippen LogP contribution in [0.15, 0.2) is 36.5 Å². The monoisotopic (exact) mass is 521 g/mol. The van der Waals surface area contributed by atoms with Gasteiger partial charge in [-0.25, -0.2) is 0 Å². The molecule has 2 atom stereocenters. The Morgan fingerprint density at radius 2 is 1.79 bits per heavy atom. The lowest BCUT2D eigenvalue weighted by atomic mass is 9.83. The molecule has 3 aromatic rings. The number of ketones is 1. The van der Waals surface area contributed by atoms with Gasteiger partial charge in [0.2, 0.25) is 0 Å². The van der Waals surface area contributed by atoms with Crippen molar-refractivity contribution < 1.29 is 39.1 Å². The summed E-state index contributed by atoms with van der Waals surface area (Å²) in [6, 6.07) is 8.28. The van der Waals surface area contributed by atoms with E-state index in [2.05, 4.69) is 4.98 Å². The maximum atomic E-state index is 12.6. The Balaban J connectivity index is 1.93. The summed E-state index contributed by atoms with van der Waals surface area (Å²) >= 11 is 0. The normalized spacial score (nSPS) is 15.3. The van der Waals surface area contributed by atoms with E-state index in [1.807, 2.05) is 13.8 Å². The second kappa shape index (κ2) is 10.7. The average molecular weight is 522 g/mol. The molecule has 1 aliphatic rings. The zero-order chi connectivity index (χ0) is 27.7. The Labute approximate surface area is 220 Å². The first-order valence-corrected chi connectivity index (χ1v) is 12.2. The van der Waals surface area contributed by atoms with Crippen LogP contribution in [0.4, 0.5) is 0 Å². The Morgan fingerprint density at radius 1 is 1.11 bits per heavy atom. The molecule has 0 saturated carbocycles. The number of nitrogens with zero attached hydrogens (tertiary/aromatic N) is 1. The van der Waals surface area contributed by atoms with Gasteiger partial charge in [0.1, 0.15) is 29.1 Å². The second-order valence-electron chi connectivity index (χ2n) is 9.57. The summed E-state index contributed by atoms with van der Waals surface area (Å²) in [5.41, 5.74) is 2.15. The highest BCUT2D eigenvalue weighted by Gasteiger charge is 2.36. The van der Waals surface area contributed by atoms with Crippen LogP contribution in [0.25, 0.3) is 0 Å². The van der Waals surface area contributed by atoms with E-state index in [0.29, 0.717) is 28.1 Å². The number of carbonyl (C=O) groups excluding carboxylic acids is 2. The summed E-state index contributed by atoms with van der Waals surface area (Å²) in [7, 11) is 1.25. The second-order valence-corrected chi connectivity index (χ2v) is 9.57. The Hall–Kier alpha value is -4.11. The molecule has 0 spiro atoms. The number of methoxy groups -OCH3 is 1. The van der Waals surface area contributed by atoms with Crippen LogP contribution in [0.1, 0.15) is 83.1 Å². The maximum absolute atomic E-state index is 12.6. The quantitative estimate of drug-likeness (QED) is 0.282. The molecule has 200 valence electrons. The summed E-state index contributed by atoms with van der Waals surface area (Å²) < 4.78 is 16.6. The van der Waals surface area contributed by atoms with Crippen molar-refractivity contribution in [1.29, 1.82) is 0 Å². The highest BCUT2D eigenvalue weighted by molar-refractivity contribution is 5.98. The van der Waals surface area contributed by atoms with Gasteiger partial charge in [-0.2, -0.15) is 0 Å². The number of phenols is 2. The molecule has 0 bridgehead atoms. The van der Waals surface area contributed by atoms with Crippen LogP contribution < -0.4 is 4.74 Å². The molecule has 4 rings (SSSR count). The van der Waals surface area contributed by atoms with Gasteiger partial charge < -0.3 is 29.5 Å². The number of hydrogen-bond donors (Lipinski definition) is 3. The van der Waals surface area contributed by atoms with Gasteiger partial charge in [0.15, 0.2) is 5.78 Å². The Bertz CT molecular complexity index is 1380. The largest absolute Gasteiger partial charge is 0.507 e. The average Bonchev–Trinajstić information content (AvgIpc) is 3.30. The molecule has 9 heteroatoms. The van der Waals surface area contributed by atoms with Gasteiger partial charge in [-0.1, -0.05) is 12.1 Å². The number of rotatable bonds is 8. The number of aryl methyl sites for hydroxylation is 1. The number of ether oxygens (including phenoxy) is 3. The predicted molar refractivity (Wildman–Crippen MR) is 138 cm³/mol.